The van der Waals surface area contributed by atoms with E-state index in [9.17, 15) is 4.79 Å². The van der Waals surface area contributed by atoms with E-state index < -0.39 is 0 Å². The van der Waals surface area contributed by atoms with E-state index in [1.807, 2.05) is 71.4 Å². The molecule has 1 aliphatic heterocycles. The molecule has 0 atom stereocenters. The number of aromatic nitrogens is 3. The molecule has 2 N–H and O–H groups in total. The summed E-state index contributed by atoms with van der Waals surface area (Å²) >= 11 is 0. The third-order valence-electron chi connectivity index (χ3n) is 6.63. The van der Waals surface area contributed by atoms with Gasteiger partial charge in [0.05, 0.1) is 23.8 Å². The number of rotatable bonds is 5. The summed E-state index contributed by atoms with van der Waals surface area (Å²) in [4.78, 5) is 18.2. The molecule has 36 heavy (non-hydrogen) atoms. The zero-order valence-corrected chi connectivity index (χ0v) is 19.8. The van der Waals surface area contributed by atoms with E-state index >= 15 is 4.39 Å². The number of aryl methyl sites for hydroxylation is 1. The number of piperazine rings is 1. The molecule has 3 heterocycles. The minimum Gasteiger partial charge on any atom is -0.355 e. The molecule has 0 bridgehead atoms. The highest BCUT2D eigenvalue weighted by molar-refractivity contribution is 5.96. The second-order valence-corrected chi connectivity index (χ2v) is 9.13. The van der Waals surface area contributed by atoms with Gasteiger partial charge in [0, 0.05) is 60.6 Å². The number of anilines is 2. The molecule has 180 valence electrons. The largest absolute Gasteiger partial charge is 0.355 e. The molecule has 7 nitrogen and oxygen atoms in total. The van der Waals surface area contributed by atoms with Gasteiger partial charge in [0.1, 0.15) is 5.82 Å². The fourth-order valence-corrected chi connectivity index (χ4v) is 4.80. The zero-order valence-electron chi connectivity index (χ0n) is 19.8. The lowest BCUT2D eigenvalue weighted by Crippen LogP contribution is -2.47. The van der Waals surface area contributed by atoms with Crippen LogP contribution in [0.3, 0.4) is 0 Å². The highest BCUT2D eigenvalue weighted by atomic mass is 19.1. The van der Waals surface area contributed by atoms with Crippen LogP contribution >= 0.6 is 0 Å². The maximum atomic E-state index is 15.2. The molecule has 1 amide bonds. The normalized spacial score (nSPS) is 14.3. The monoisotopic (exact) mass is 480 g/mol. The molecule has 8 heteroatoms. The van der Waals surface area contributed by atoms with Crippen LogP contribution in [0.15, 0.2) is 73.1 Å². The molecule has 2 aromatic heterocycles. The minimum absolute atomic E-state index is 0.00730. The standard InChI is InChI=1S/C28H25FN6O/c1-34-27-7-4-21(13-20(27)15-32-34)33-26-8-9-30-25-6-3-19(14-23(25)26)22-5-2-18(12-24(22)29)16-35-11-10-31-28(36)17-35/h2-9,12-15H,10-11,16-17H2,1H3,(H,30,33)(H,31,36). The van der Waals surface area contributed by atoms with Gasteiger partial charge in [0.2, 0.25) is 5.91 Å². The van der Waals surface area contributed by atoms with Crippen molar-refractivity contribution in [2.45, 2.75) is 6.54 Å². The molecule has 0 aliphatic carbocycles. The van der Waals surface area contributed by atoms with Gasteiger partial charge < -0.3 is 10.6 Å². The lowest BCUT2D eigenvalue weighted by atomic mass is 10.00. The first-order valence-corrected chi connectivity index (χ1v) is 11.9. The third kappa shape index (κ3) is 4.27. The number of halogens is 1. The van der Waals surface area contributed by atoms with Gasteiger partial charge in [-0.3, -0.25) is 19.4 Å². The minimum atomic E-state index is -0.284. The Labute approximate surface area is 207 Å². The first kappa shape index (κ1) is 22.2. The van der Waals surface area contributed by atoms with Gasteiger partial charge in [0.25, 0.3) is 0 Å². The maximum absolute atomic E-state index is 15.2. The number of hydrogen-bond acceptors (Lipinski definition) is 5. The van der Waals surface area contributed by atoms with Crippen molar-refractivity contribution in [3.63, 3.8) is 0 Å². The van der Waals surface area contributed by atoms with E-state index in [1.165, 1.54) is 0 Å². The van der Waals surface area contributed by atoms with E-state index in [4.69, 9.17) is 0 Å². The first-order valence-electron chi connectivity index (χ1n) is 11.9. The molecule has 3 aromatic carbocycles. The summed E-state index contributed by atoms with van der Waals surface area (Å²) in [6.07, 6.45) is 3.61. The number of carbonyl (C=O) groups excluding carboxylic acids is 1. The van der Waals surface area contributed by atoms with Crippen LogP contribution in [0, 0.1) is 5.82 Å². The van der Waals surface area contributed by atoms with Gasteiger partial charge in [0.15, 0.2) is 0 Å². The zero-order chi connectivity index (χ0) is 24.6. The van der Waals surface area contributed by atoms with Gasteiger partial charge in [-0.25, -0.2) is 4.39 Å². The van der Waals surface area contributed by atoms with E-state index in [0.29, 0.717) is 25.2 Å². The van der Waals surface area contributed by atoms with Gasteiger partial charge in [-0.15, -0.1) is 0 Å². The number of carbonyl (C=O) groups is 1. The van der Waals surface area contributed by atoms with Gasteiger partial charge in [-0.2, -0.15) is 5.10 Å². The summed E-state index contributed by atoms with van der Waals surface area (Å²) in [5, 5.41) is 12.6. The van der Waals surface area contributed by atoms with Crippen LogP contribution < -0.4 is 10.6 Å². The van der Waals surface area contributed by atoms with Crippen LogP contribution in [-0.4, -0.2) is 45.2 Å². The lowest BCUT2D eigenvalue weighted by Gasteiger charge is -2.26. The fraction of sp³-hybridized carbons (Fsp3) is 0.179. The quantitative estimate of drug-likeness (QED) is 0.385. The van der Waals surface area contributed by atoms with Crippen molar-refractivity contribution < 1.29 is 9.18 Å². The average molecular weight is 481 g/mol. The molecule has 0 unspecified atom stereocenters. The van der Waals surface area contributed by atoms with E-state index in [2.05, 4.69) is 26.8 Å². The molecule has 0 spiro atoms. The summed E-state index contributed by atoms with van der Waals surface area (Å²) in [7, 11) is 1.92. The molecule has 0 radical (unpaired) electrons. The summed E-state index contributed by atoms with van der Waals surface area (Å²) in [5.74, 6) is -0.276. The van der Waals surface area contributed by atoms with Crippen molar-refractivity contribution in [1.82, 2.24) is 25.0 Å². The number of benzene rings is 3. The summed E-state index contributed by atoms with van der Waals surface area (Å²) < 4.78 is 17.1. The Balaban J connectivity index is 1.30. The van der Waals surface area contributed by atoms with Crippen LogP contribution in [0.2, 0.25) is 0 Å². The van der Waals surface area contributed by atoms with Crippen molar-refractivity contribution in [1.29, 1.82) is 0 Å². The van der Waals surface area contributed by atoms with Crippen LogP contribution in [0.1, 0.15) is 5.56 Å². The number of nitrogens with zero attached hydrogens (tertiary/aromatic N) is 4. The van der Waals surface area contributed by atoms with Gasteiger partial charge in [-0.05, 0) is 53.6 Å². The van der Waals surface area contributed by atoms with E-state index in [0.717, 1.165) is 50.9 Å². The second-order valence-electron chi connectivity index (χ2n) is 9.13. The van der Waals surface area contributed by atoms with Crippen molar-refractivity contribution in [3.8, 4) is 11.1 Å². The first-order chi connectivity index (χ1) is 17.5. The van der Waals surface area contributed by atoms with Gasteiger partial charge >= 0.3 is 0 Å². The van der Waals surface area contributed by atoms with Crippen molar-refractivity contribution >= 4 is 39.1 Å². The Morgan fingerprint density at radius 3 is 2.86 bits per heavy atom. The van der Waals surface area contributed by atoms with E-state index in [1.54, 1.807) is 12.3 Å². The van der Waals surface area contributed by atoms with Crippen LogP contribution in [0.5, 0.6) is 0 Å². The Morgan fingerprint density at radius 1 is 1.08 bits per heavy atom. The molecule has 1 fully saturated rings. The topological polar surface area (TPSA) is 75.1 Å². The highest BCUT2D eigenvalue weighted by Crippen LogP contribution is 2.32. The highest BCUT2D eigenvalue weighted by Gasteiger charge is 2.17. The Hall–Kier alpha value is -4.30. The number of fused-ring (bicyclic) bond motifs is 2. The third-order valence-corrected chi connectivity index (χ3v) is 6.63. The Kier molecular flexibility index (Phi) is 5.58. The number of amides is 1. The molecule has 1 aliphatic rings. The van der Waals surface area contributed by atoms with Gasteiger partial charge in [-0.1, -0.05) is 18.2 Å². The van der Waals surface area contributed by atoms with Crippen molar-refractivity contribution in [3.05, 3.63) is 84.4 Å². The maximum Gasteiger partial charge on any atom is 0.234 e. The van der Waals surface area contributed by atoms with Crippen LogP contribution in [0.25, 0.3) is 32.9 Å². The SMILES string of the molecule is Cn1ncc2cc(Nc3ccnc4ccc(-c5ccc(CN6CCNC(=O)C6)cc5F)cc34)ccc21. The fourth-order valence-electron chi connectivity index (χ4n) is 4.80. The number of hydrogen-bond donors (Lipinski definition) is 2. The Morgan fingerprint density at radius 2 is 2.00 bits per heavy atom. The number of pyridine rings is 1. The predicted molar refractivity (Wildman–Crippen MR) is 139 cm³/mol. The predicted octanol–water partition coefficient (Wildman–Crippen LogP) is 4.60. The van der Waals surface area contributed by atoms with Crippen LogP contribution in [0.4, 0.5) is 15.8 Å². The molecule has 5 aromatic rings. The molecule has 1 saturated heterocycles. The van der Waals surface area contributed by atoms with Crippen LogP contribution in [-0.2, 0) is 18.4 Å². The molecular formula is C28H25FN6O. The summed E-state index contributed by atoms with van der Waals surface area (Å²) in [5.41, 5.74) is 5.88. The van der Waals surface area contributed by atoms with Crippen molar-refractivity contribution in [2.75, 3.05) is 25.0 Å². The molecule has 6 rings (SSSR count). The van der Waals surface area contributed by atoms with Crippen molar-refractivity contribution in [2.24, 2.45) is 7.05 Å². The number of nitrogens with one attached hydrogen (secondary N) is 2. The van der Waals surface area contributed by atoms with E-state index in [-0.39, 0.29) is 11.7 Å². The average Bonchev–Trinajstić information content (AvgIpc) is 3.24. The second kappa shape index (κ2) is 9.05. The lowest BCUT2D eigenvalue weighted by molar-refractivity contribution is -0.124. The summed E-state index contributed by atoms with van der Waals surface area (Å²) in [6.45, 7) is 2.26. The smallest absolute Gasteiger partial charge is 0.234 e. The summed E-state index contributed by atoms with van der Waals surface area (Å²) in [6, 6.07) is 19.1. The molecular weight excluding hydrogens is 455 g/mol. The Bertz CT molecular complexity index is 1610. The molecule has 0 saturated carbocycles.